The van der Waals surface area contributed by atoms with Crippen molar-refractivity contribution in [3.05, 3.63) is 52.0 Å². The number of piperazine rings is 1. The third-order valence-corrected chi connectivity index (χ3v) is 12.7. The van der Waals surface area contributed by atoms with Gasteiger partial charge in [-0.25, -0.2) is 9.59 Å². The van der Waals surface area contributed by atoms with Crippen molar-refractivity contribution in [1.29, 1.82) is 0 Å². The Morgan fingerprint density at radius 1 is 0.902 bits per heavy atom. The second-order valence-electron chi connectivity index (χ2n) is 16.4. The van der Waals surface area contributed by atoms with Crippen LogP contribution in [0.15, 0.2) is 30.3 Å². The summed E-state index contributed by atoms with van der Waals surface area (Å²) in [5.74, 6) is -0.00800. The fourth-order valence-corrected chi connectivity index (χ4v) is 9.01. The van der Waals surface area contributed by atoms with E-state index in [4.69, 9.17) is 31.5 Å². The molecule has 0 radical (unpaired) electrons. The van der Waals surface area contributed by atoms with Gasteiger partial charge in [0.2, 0.25) is 0 Å². The van der Waals surface area contributed by atoms with Crippen LogP contribution in [0.5, 0.6) is 5.75 Å². The third-order valence-electron chi connectivity index (χ3n) is 12.3. The average molecular weight is 878 g/mol. The molecule has 1 atom stereocenters. The second kappa shape index (κ2) is 21.1. The number of ether oxygens (including phenoxy) is 3. The zero-order chi connectivity index (χ0) is 43.7. The molecular weight excluding hydrogens is 819 g/mol. The standard InChI is InChI=1S/C43H59ClF3N7O7/c1-3-4-5-6-23-60-38(55)28-50-19-21-51(22-20-50)31-10-14-52(15-11-31)40(56)37(26-29-24-34(43(45,46)47)39(48)35(44)25-29)61-42(58)53-16-12-32(13-17-53)54-18-9-30-27-33(59-2)7-8-36(30)49-41(54)57/h7-8,24-25,27,31-32,37H,3-6,9-23,26,28,48H2,1-2H3,(H,49,57). The highest BCUT2D eigenvalue weighted by Gasteiger charge is 2.39. The van der Waals surface area contributed by atoms with Crippen molar-refractivity contribution in [2.45, 2.75) is 95.5 Å². The number of urea groups is 1. The quantitative estimate of drug-likeness (QED) is 0.126. The monoisotopic (exact) mass is 877 g/mol. The number of carbonyl (C=O) groups excluding carboxylic acids is 4. The number of carbonyl (C=O) groups is 4. The Labute approximate surface area is 360 Å². The first-order valence-corrected chi connectivity index (χ1v) is 21.9. The number of amides is 4. The molecule has 4 aliphatic rings. The van der Waals surface area contributed by atoms with E-state index in [0.717, 1.165) is 69.2 Å². The number of nitrogens with zero attached hydrogens (tertiary/aromatic N) is 5. The predicted molar refractivity (Wildman–Crippen MR) is 225 cm³/mol. The lowest BCUT2D eigenvalue weighted by atomic mass is 9.99. The number of hydrogen-bond donors (Lipinski definition) is 2. The fourth-order valence-electron chi connectivity index (χ4n) is 8.76. The molecule has 6 rings (SSSR count). The van der Waals surface area contributed by atoms with Gasteiger partial charge in [-0.3, -0.25) is 19.4 Å². The minimum atomic E-state index is -4.80. The van der Waals surface area contributed by atoms with E-state index in [9.17, 15) is 32.3 Å². The maximum Gasteiger partial charge on any atom is 0.418 e. The number of halogens is 4. The van der Waals surface area contributed by atoms with Gasteiger partial charge in [-0.1, -0.05) is 37.8 Å². The molecule has 4 heterocycles. The number of esters is 1. The number of rotatable bonds is 14. The van der Waals surface area contributed by atoms with E-state index in [0.29, 0.717) is 64.1 Å². The largest absolute Gasteiger partial charge is 0.497 e. The number of nitrogens with one attached hydrogen (secondary N) is 1. The van der Waals surface area contributed by atoms with Gasteiger partial charge in [0, 0.05) is 83.1 Å². The van der Waals surface area contributed by atoms with Gasteiger partial charge < -0.3 is 40.0 Å². The molecule has 3 saturated heterocycles. The molecule has 1 unspecified atom stereocenters. The maximum atomic E-state index is 14.2. The molecule has 0 saturated carbocycles. The zero-order valence-electron chi connectivity index (χ0n) is 35.2. The van der Waals surface area contributed by atoms with Crippen LogP contribution in [0, 0.1) is 0 Å². The van der Waals surface area contributed by atoms with Crippen molar-refractivity contribution in [1.82, 2.24) is 24.5 Å². The van der Waals surface area contributed by atoms with Crippen molar-refractivity contribution in [3.63, 3.8) is 0 Å². The molecule has 0 aromatic heterocycles. The summed E-state index contributed by atoms with van der Waals surface area (Å²) in [6, 6.07) is 7.45. The second-order valence-corrected chi connectivity index (χ2v) is 16.8. The summed E-state index contributed by atoms with van der Waals surface area (Å²) in [6.07, 6.45) is -0.277. The number of unbranched alkanes of at least 4 members (excludes halogenated alkanes) is 3. The van der Waals surface area contributed by atoms with Crippen LogP contribution in [0.4, 0.5) is 34.1 Å². The summed E-state index contributed by atoms with van der Waals surface area (Å²) < 4.78 is 58.5. The Morgan fingerprint density at radius 3 is 2.26 bits per heavy atom. The molecule has 4 amide bonds. The average Bonchev–Trinajstić information content (AvgIpc) is 3.41. The Bertz CT molecular complexity index is 1850. The number of hydrogen-bond acceptors (Lipinski definition) is 10. The molecule has 0 aliphatic carbocycles. The Hall–Kier alpha value is -4.48. The van der Waals surface area contributed by atoms with Crippen LogP contribution in [0.25, 0.3) is 0 Å². The molecule has 61 heavy (non-hydrogen) atoms. The van der Waals surface area contributed by atoms with Crippen molar-refractivity contribution < 1.29 is 46.6 Å². The number of alkyl halides is 3. The Balaban J connectivity index is 1.05. The van der Waals surface area contributed by atoms with E-state index in [1.807, 2.05) is 12.1 Å². The van der Waals surface area contributed by atoms with Gasteiger partial charge in [0.1, 0.15) is 5.75 Å². The highest BCUT2D eigenvalue weighted by molar-refractivity contribution is 6.33. The van der Waals surface area contributed by atoms with Crippen LogP contribution in [0.1, 0.15) is 75.0 Å². The first-order valence-electron chi connectivity index (χ1n) is 21.5. The van der Waals surface area contributed by atoms with Crippen LogP contribution in [0.2, 0.25) is 5.02 Å². The third kappa shape index (κ3) is 12.1. The van der Waals surface area contributed by atoms with Crippen molar-refractivity contribution in [2.24, 2.45) is 0 Å². The molecule has 3 fully saturated rings. The van der Waals surface area contributed by atoms with Gasteiger partial charge in [-0.15, -0.1) is 0 Å². The molecule has 2 aromatic carbocycles. The number of methoxy groups -OCH3 is 1. The van der Waals surface area contributed by atoms with E-state index < -0.39 is 35.5 Å². The van der Waals surface area contributed by atoms with Crippen molar-refractivity contribution in [3.8, 4) is 5.75 Å². The van der Waals surface area contributed by atoms with Crippen LogP contribution >= 0.6 is 11.6 Å². The number of nitrogen functional groups attached to an aromatic ring is 1. The topological polar surface area (TPSA) is 150 Å². The van der Waals surface area contributed by atoms with Gasteiger partial charge in [0.15, 0.2) is 6.10 Å². The van der Waals surface area contributed by atoms with Crippen LogP contribution < -0.4 is 15.8 Å². The van der Waals surface area contributed by atoms with E-state index in [2.05, 4.69) is 22.0 Å². The summed E-state index contributed by atoms with van der Waals surface area (Å²) in [4.78, 5) is 62.9. The molecule has 4 aliphatic heterocycles. The summed E-state index contributed by atoms with van der Waals surface area (Å²) in [7, 11) is 1.59. The van der Waals surface area contributed by atoms with E-state index in [-0.39, 0.29) is 60.7 Å². The SMILES string of the molecule is CCCCCCOC(=O)CN1CCN(C2CCN(C(=O)C(Cc3cc(Cl)c(N)c(C(F)(F)F)c3)OC(=O)N3CCC(N4CCc5cc(OC)ccc5NC4=O)CC3)CC2)CC1. The van der Waals surface area contributed by atoms with Crippen LogP contribution in [-0.4, -0.2) is 146 Å². The number of nitrogens with two attached hydrogens (primary N) is 1. The summed E-state index contributed by atoms with van der Waals surface area (Å²) in [5, 5.41) is 2.67. The lowest BCUT2D eigenvalue weighted by Gasteiger charge is -2.43. The fraction of sp³-hybridized carbons (Fsp3) is 0.628. The number of anilines is 2. The van der Waals surface area contributed by atoms with Crippen LogP contribution in [-0.2, 0) is 38.1 Å². The predicted octanol–water partition coefficient (Wildman–Crippen LogP) is 6.28. The molecule has 0 bridgehead atoms. The molecule has 14 nitrogen and oxygen atoms in total. The van der Waals surface area contributed by atoms with Gasteiger partial charge >= 0.3 is 24.3 Å². The first kappa shape index (κ1) is 46.0. The Morgan fingerprint density at radius 2 is 1.59 bits per heavy atom. The summed E-state index contributed by atoms with van der Waals surface area (Å²) in [5.41, 5.74) is 5.68. The minimum Gasteiger partial charge on any atom is -0.497 e. The summed E-state index contributed by atoms with van der Waals surface area (Å²) >= 11 is 6.16. The highest BCUT2D eigenvalue weighted by Crippen LogP contribution is 2.38. The zero-order valence-corrected chi connectivity index (χ0v) is 35.9. The van der Waals surface area contributed by atoms with E-state index in [1.165, 1.54) is 11.0 Å². The molecule has 336 valence electrons. The van der Waals surface area contributed by atoms with E-state index in [1.54, 1.807) is 23.0 Å². The number of piperidine rings is 2. The van der Waals surface area contributed by atoms with Gasteiger partial charge in [0.05, 0.1) is 36.5 Å². The highest BCUT2D eigenvalue weighted by atomic mass is 35.5. The molecular formula is C43H59ClF3N7O7. The maximum absolute atomic E-state index is 14.2. The van der Waals surface area contributed by atoms with Crippen molar-refractivity contribution >= 4 is 47.0 Å². The first-order chi connectivity index (χ1) is 29.2. The number of benzene rings is 2. The normalized spacial score (nSPS) is 19.2. The van der Waals surface area contributed by atoms with E-state index >= 15 is 0 Å². The summed E-state index contributed by atoms with van der Waals surface area (Å²) in [6.45, 7) is 7.55. The lowest BCUT2D eigenvalue weighted by Crippen LogP contribution is -2.55. The van der Waals surface area contributed by atoms with Gasteiger partial charge in [-0.2, -0.15) is 13.2 Å². The number of fused-ring (bicyclic) bond motifs is 1. The lowest BCUT2D eigenvalue weighted by molar-refractivity contribution is -0.145. The molecule has 2 aromatic rings. The Kier molecular flexibility index (Phi) is 15.9. The van der Waals surface area contributed by atoms with Crippen LogP contribution in [0.3, 0.4) is 0 Å². The minimum absolute atomic E-state index is 0.0512. The number of likely N-dealkylation sites (tertiary alicyclic amines) is 2. The molecule has 18 heteroatoms. The van der Waals surface area contributed by atoms with Gasteiger partial charge in [0.25, 0.3) is 5.91 Å². The molecule has 0 spiro atoms. The smallest absolute Gasteiger partial charge is 0.418 e. The molecule has 3 N–H and O–H groups in total. The van der Waals surface area contributed by atoms with Gasteiger partial charge in [-0.05, 0) is 80.0 Å². The van der Waals surface area contributed by atoms with Crippen molar-refractivity contribution in [2.75, 3.05) is 90.2 Å².